The van der Waals surface area contributed by atoms with Crippen molar-refractivity contribution < 1.29 is 4.79 Å². The van der Waals surface area contributed by atoms with Crippen LogP contribution in [0.25, 0.3) is 0 Å². The van der Waals surface area contributed by atoms with Gasteiger partial charge in [-0.05, 0) is 45.1 Å². The highest BCUT2D eigenvalue weighted by Crippen LogP contribution is 2.20. The van der Waals surface area contributed by atoms with Crippen LogP contribution in [0.2, 0.25) is 0 Å². The van der Waals surface area contributed by atoms with Gasteiger partial charge < -0.3 is 15.1 Å². The van der Waals surface area contributed by atoms with Crippen LogP contribution in [0.1, 0.15) is 23.2 Å². The van der Waals surface area contributed by atoms with E-state index in [-0.39, 0.29) is 5.91 Å². The molecule has 0 bridgehead atoms. The Hall–Kier alpha value is -1.55. The highest BCUT2D eigenvalue weighted by atomic mass is 16.2. The van der Waals surface area contributed by atoms with Gasteiger partial charge in [-0.1, -0.05) is 12.1 Å². The topological polar surface area (TPSA) is 35.6 Å². The number of hydrogen-bond donors (Lipinski definition) is 1. The fraction of sp³-hybridized carbons (Fsp3) is 0.533. The molecular formula is C15H23N3O. The van der Waals surface area contributed by atoms with Gasteiger partial charge in [-0.25, -0.2) is 0 Å². The third kappa shape index (κ3) is 3.07. The van der Waals surface area contributed by atoms with Crippen LogP contribution in [0.3, 0.4) is 0 Å². The molecule has 0 aromatic heterocycles. The van der Waals surface area contributed by atoms with Gasteiger partial charge in [-0.15, -0.1) is 0 Å². The molecule has 0 saturated carbocycles. The second-order valence-electron chi connectivity index (χ2n) is 5.25. The molecular weight excluding hydrogens is 238 g/mol. The molecule has 1 aromatic rings. The maximum Gasteiger partial charge on any atom is 0.255 e. The third-order valence-electron chi connectivity index (χ3n) is 3.98. The summed E-state index contributed by atoms with van der Waals surface area (Å²) in [5.74, 6) is 0.111. The van der Waals surface area contributed by atoms with Gasteiger partial charge in [0.2, 0.25) is 0 Å². The predicted octanol–water partition coefficient (Wildman–Crippen LogP) is 1.89. The Morgan fingerprint density at radius 3 is 2.58 bits per heavy atom. The minimum absolute atomic E-state index is 0.111. The van der Waals surface area contributed by atoms with Crippen molar-refractivity contribution in [1.82, 2.24) is 9.80 Å². The zero-order chi connectivity index (χ0) is 13.8. The second-order valence-corrected chi connectivity index (χ2v) is 5.25. The van der Waals surface area contributed by atoms with Crippen LogP contribution in [0.15, 0.2) is 24.3 Å². The molecule has 0 radical (unpaired) electrons. The first-order valence-electron chi connectivity index (χ1n) is 6.86. The SMILES string of the molecule is CNc1ccccc1C(=O)N(C)C1CCN(C)CC1. The van der Waals surface area contributed by atoms with Crippen LogP contribution in [0.5, 0.6) is 0 Å². The first-order valence-corrected chi connectivity index (χ1v) is 6.86. The lowest BCUT2D eigenvalue weighted by Gasteiger charge is -2.35. The summed E-state index contributed by atoms with van der Waals surface area (Å²) in [6, 6.07) is 8.04. The highest BCUT2D eigenvalue weighted by Gasteiger charge is 2.25. The van der Waals surface area contributed by atoms with Crippen LogP contribution in [-0.2, 0) is 0 Å². The number of hydrogen-bond acceptors (Lipinski definition) is 3. The lowest BCUT2D eigenvalue weighted by Crippen LogP contribution is -2.44. The quantitative estimate of drug-likeness (QED) is 0.902. The smallest absolute Gasteiger partial charge is 0.255 e. The highest BCUT2D eigenvalue weighted by molar-refractivity contribution is 5.99. The van der Waals surface area contributed by atoms with Gasteiger partial charge in [-0.2, -0.15) is 0 Å². The summed E-state index contributed by atoms with van der Waals surface area (Å²) >= 11 is 0. The van der Waals surface area contributed by atoms with Crippen molar-refractivity contribution in [2.45, 2.75) is 18.9 Å². The van der Waals surface area contributed by atoms with Crippen LogP contribution in [0.4, 0.5) is 5.69 Å². The number of amides is 1. The zero-order valence-corrected chi connectivity index (χ0v) is 12.0. The van der Waals surface area contributed by atoms with E-state index in [4.69, 9.17) is 0 Å². The van der Waals surface area contributed by atoms with E-state index >= 15 is 0 Å². The van der Waals surface area contributed by atoms with Gasteiger partial charge in [0.25, 0.3) is 5.91 Å². The summed E-state index contributed by atoms with van der Waals surface area (Å²) in [7, 11) is 5.90. The van der Waals surface area contributed by atoms with Crippen molar-refractivity contribution in [3.63, 3.8) is 0 Å². The van der Waals surface area contributed by atoms with Gasteiger partial charge >= 0.3 is 0 Å². The standard InChI is InChI=1S/C15H23N3O/c1-16-14-7-5-4-6-13(14)15(19)18(3)12-8-10-17(2)11-9-12/h4-7,12,16H,8-11H2,1-3H3. The van der Waals surface area contributed by atoms with Crippen molar-refractivity contribution in [2.75, 3.05) is 39.5 Å². The molecule has 1 saturated heterocycles. The number of nitrogens with one attached hydrogen (secondary N) is 1. The number of rotatable bonds is 3. The molecule has 1 aliphatic heterocycles. The predicted molar refractivity (Wildman–Crippen MR) is 78.6 cm³/mol. The zero-order valence-electron chi connectivity index (χ0n) is 12.0. The van der Waals surface area contributed by atoms with Crippen molar-refractivity contribution in [3.8, 4) is 0 Å². The maximum atomic E-state index is 12.6. The van der Waals surface area contributed by atoms with E-state index in [0.29, 0.717) is 6.04 Å². The lowest BCUT2D eigenvalue weighted by molar-refractivity contribution is 0.0660. The molecule has 1 aromatic carbocycles. The van der Waals surface area contributed by atoms with E-state index in [9.17, 15) is 4.79 Å². The number of para-hydroxylation sites is 1. The van der Waals surface area contributed by atoms with E-state index in [1.165, 1.54) is 0 Å². The number of benzene rings is 1. The fourth-order valence-corrected chi connectivity index (χ4v) is 2.63. The van der Waals surface area contributed by atoms with Gasteiger partial charge in [0.05, 0.1) is 5.56 Å². The Kier molecular flexibility index (Phi) is 4.43. The van der Waals surface area contributed by atoms with Crippen LogP contribution >= 0.6 is 0 Å². The van der Waals surface area contributed by atoms with Crippen LogP contribution in [0, 0.1) is 0 Å². The summed E-state index contributed by atoms with van der Waals surface area (Å²) in [5, 5.41) is 3.09. The summed E-state index contributed by atoms with van der Waals surface area (Å²) in [5.41, 5.74) is 1.65. The monoisotopic (exact) mass is 261 g/mol. The summed E-state index contributed by atoms with van der Waals surface area (Å²) in [6.45, 7) is 2.13. The minimum atomic E-state index is 0.111. The molecule has 0 unspecified atom stereocenters. The van der Waals surface area contributed by atoms with Gasteiger partial charge in [0, 0.05) is 25.8 Å². The second kappa shape index (κ2) is 6.06. The first-order chi connectivity index (χ1) is 9.13. The Bertz CT molecular complexity index is 439. The first kappa shape index (κ1) is 13.9. The van der Waals surface area contributed by atoms with E-state index in [1.54, 1.807) is 0 Å². The molecule has 1 heterocycles. The molecule has 19 heavy (non-hydrogen) atoms. The molecule has 2 rings (SSSR count). The third-order valence-corrected chi connectivity index (χ3v) is 3.98. The summed E-state index contributed by atoms with van der Waals surface area (Å²) in [4.78, 5) is 16.8. The summed E-state index contributed by atoms with van der Waals surface area (Å²) < 4.78 is 0. The van der Waals surface area contributed by atoms with Crippen molar-refractivity contribution in [1.29, 1.82) is 0 Å². The van der Waals surface area contributed by atoms with Gasteiger partial charge in [0.1, 0.15) is 0 Å². The largest absolute Gasteiger partial charge is 0.387 e. The number of nitrogens with zero attached hydrogens (tertiary/aromatic N) is 2. The van der Waals surface area contributed by atoms with Crippen molar-refractivity contribution >= 4 is 11.6 Å². The molecule has 0 atom stereocenters. The van der Waals surface area contributed by atoms with E-state index in [0.717, 1.165) is 37.2 Å². The average molecular weight is 261 g/mol. The molecule has 1 fully saturated rings. The van der Waals surface area contributed by atoms with Gasteiger partial charge in [-0.3, -0.25) is 4.79 Å². The van der Waals surface area contributed by atoms with Crippen LogP contribution in [-0.4, -0.2) is 56.0 Å². The number of likely N-dealkylation sites (tertiary alicyclic amines) is 1. The van der Waals surface area contributed by atoms with Crippen LogP contribution < -0.4 is 5.32 Å². The Balaban J connectivity index is 2.10. The maximum absolute atomic E-state index is 12.6. The molecule has 4 heteroatoms. The number of carbonyl (C=O) groups excluding carboxylic acids is 1. The average Bonchev–Trinajstić information content (AvgIpc) is 2.46. The number of anilines is 1. The van der Waals surface area contributed by atoms with E-state index < -0.39 is 0 Å². The molecule has 104 valence electrons. The Labute approximate surface area is 115 Å². The lowest BCUT2D eigenvalue weighted by atomic mass is 10.0. The van der Waals surface area contributed by atoms with Crippen molar-refractivity contribution in [3.05, 3.63) is 29.8 Å². The molecule has 0 aliphatic carbocycles. The Morgan fingerprint density at radius 2 is 1.95 bits per heavy atom. The van der Waals surface area contributed by atoms with E-state index in [2.05, 4.69) is 17.3 Å². The molecule has 4 nitrogen and oxygen atoms in total. The van der Waals surface area contributed by atoms with Crippen molar-refractivity contribution in [2.24, 2.45) is 0 Å². The minimum Gasteiger partial charge on any atom is -0.387 e. The number of carbonyl (C=O) groups is 1. The molecule has 0 spiro atoms. The Morgan fingerprint density at radius 1 is 1.32 bits per heavy atom. The normalized spacial score (nSPS) is 17.2. The molecule has 1 amide bonds. The molecule has 1 N–H and O–H groups in total. The van der Waals surface area contributed by atoms with Gasteiger partial charge in [0.15, 0.2) is 0 Å². The summed E-state index contributed by atoms with van der Waals surface area (Å²) in [6.07, 6.45) is 2.11. The fourth-order valence-electron chi connectivity index (χ4n) is 2.63. The van der Waals surface area contributed by atoms with E-state index in [1.807, 2.05) is 43.3 Å². The molecule has 1 aliphatic rings. The number of piperidine rings is 1.